The van der Waals surface area contributed by atoms with Crippen molar-refractivity contribution >= 4 is 11.7 Å². The second-order valence-corrected chi connectivity index (χ2v) is 4.09. The molecule has 0 aromatic carbocycles. The molecule has 0 spiro atoms. The van der Waals surface area contributed by atoms with Gasteiger partial charge in [-0.2, -0.15) is 0 Å². The van der Waals surface area contributed by atoms with Crippen LogP contribution in [-0.4, -0.2) is 36.7 Å². The van der Waals surface area contributed by atoms with Gasteiger partial charge in [0, 0.05) is 38.0 Å². The summed E-state index contributed by atoms with van der Waals surface area (Å²) in [5.74, 6) is 0.807. The minimum Gasteiger partial charge on any atom is -0.333 e. The monoisotopic (exact) mass is 247 g/mol. The molecule has 0 unspecified atom stereocenters. The number of aromatic nitrogens is 1. The fraction of sp³-hybridized carbons (Fsp3) is 0.385. The third-order valence-corrected chi connectivity index (χ3v) is 3.01. The lowest BCUT2D eigenvalue weighted by atomic mass is 10.0. The Balaban J connectivity index is 2.32. The molecule has 0 saturated carbocycles. The Labute approximate surface area is 107 Å². The molecule has 1 aliphatic rings. The Hall–Kier alpha value is -1.88. The maximum Gasteiger partial charge on any atom is 0.274 e. The number of hydrogen-bond donors (Lipinski definition) is 0. The first-order chi connectivity index (χ1) is 8.67. The summed E-state index contributed by atoms with van der Waals surface area (Å²) in [6.07, 6.45) is 4.21. The van der Waals surface area contributed by atoms with Crippen molar-refractivity contribution in [1.29, 1.82) is 0 Å². The molecule has 0 bridgehead atoms. The summed E-state index contributed by atoms with van der Waals surface area (Å²) < 4.78 is 0. The average molecular weight is 247 g/mol. The first-order valence-corrected chi connectivity index (χ1v) is 5.90. The molecule has 0 saturated heterocycles. The van der Waals surface area contributed by atoms with Crippen LogP contribution in [0.15, 0.2) is 30.1 Å². The first kappa shape index (κ1) is 12.6. The van der Waals surface area contributed by atoms with Gasteiger partial charge in [0.2, 0.25) is 0 Å². The molecule has 18 heavy (non-hydrogen) atoms. The van der Waals surface area contributed by atoms with Crippen molar-refractivity contribution in [3.05, 3.63) is 35.7 Å². The van der Waals surface area contributed by atoms with Crippen LogP contribution in [0.3, 0.4) is 0 Å². The number of amides is 1. The Kier molecular flexibility index (Phi) is 3.62. The number of hydrogen-bond acceptors (Lipinski definition) is 4. The molecular weight excluding hydrogens is 230 g/mol. The lowest BCUT2D eigenvalue weighted by molar-refractivity contribution is -0.164. The number of nitrogens with zero attached hydrogens (tertiary/aromatic N) is 3. The van der Waals surface area contributed by atoms with Gasteiger partial charge in [0.15, 0.2) is 0 Å². The SMILES string of the molecule is CCN1C=C(C(=O)N(C)OC)Cc2cccnc21. The second-order valence-electron chi connectivity index (χ2n) is 4.09. The fourth-order valence-electron chi connectivity index (χ4n) is 1.98. The smallest absolute Gasteiger partial charge is 0.274 e. The number of likely N-dealkylation sites (N-methyl/N-ethyl adjacent to an activating group) is 1. The second kappa shape index (κ2) is 5.18. The first-order valence-electron chi connectivity index (χ1n) is 5.90. The zero-order chi connectivity index (χ0) is 13.1. The van der Waals surface area contributed by atoms with E-state index in [4.69, 9.17) is 4.84 Å². The number of hydroxylamine groups is 2. The maximum atomic E-state index is 12.1. The minimum atomic E-state index is -0.120. The van der Waals surface area contributed by atoms with Gasteiger partial charge in [0.1, 0.15) is 5.82 Å². The molecule has 5 heteroatoms. The molecular formula is C13H17N3O2. The maximum absolute atomic E-state index is 12.1. The molecule has 96 valence electrons. The summed E-state index contributed by atoms with van der Waals surface area (Å²) in [4.78, 5) is 23.4. The molecule has 2 rings (SSSR count). The Bertz CT molecular complexity index is 485. The molecule has 0 N–H and O–H groups in total. The molecule has 0 aliphatic carbocycles. The third kappa shape index (κ3) is 2.22. The van der Waals surface area contributed by atoms with Gasteiger partial charge in [-0.05, 0) is 18.6 Å². The molecule has 1 aliphatic heterocycles. The Morgan fingerprint density at radius 3 is 3.06 bits per heavy atom. The van der Waals surface area contributed by atoms with Crippen LogP contribution in [-0.2, 0) is 16.1 Å². The van der Waals surface area contributed by atoms with Crippen LogP contribution in [0.4, 0.5) is 5.82 Å². The summed E-state index contributed by atoms with van der Waals surface area (Å²) in [5, 5.41) is 1.24. The molecule has 0 radical (unpaired) electrons. The van der Waals surface area contributed by atoms with Gasteiger partial charge in [-0.15, -0.1) is 0 Å². The van der Waals surface area contributed by atoms with Crippen molar-refractivity contribution in [2.24, 2.45) is 0 Å². The van der Waals surface area contributed by atoms with Crippen LogP contribution in [0.2, 0.25) is 0 Å². The van der Waals surface area contributed by atoms with Gasteiger partial charge in [0.25, 0.3) is 5.91 Å². The summed E-state index contributed by atoms with van der Waals surface area (Å²) in [6.45, 7) is 2.81. The lowest BCUT2D eigenvalue weighted by Gasteiger charge is -2.27. The summed E-state index contributed by atoms with van der Waals surface area (Å²) >= 11 is 0. The number of rotatable bonds is 3. The summed E-state index contributed by atoms with van der Waals surface area (Å²) in [6, 6.07) is 3.89. The van der Waals surface area contributed by atoms with Crippen LogP contribution in [0.1, 0.15) is 12.5 Å². The predicted octanol–water partition coefficient (Wildman–Crippen LogP) is 1.37. The van der Waals surface area contributed by atoms with Crippen molar-refractivity contribution in [3.63, 3.8) is 0 Å². The van der Waals surface area contributed by atoms with Crippen LogP contribution in [0.25, 0.3) is 0 Å². The highest BCUT2D eigenvalue weighted by atomic mass is 16.7. The van der Waals surface area contributed by atoms with E-state index in [0.29, 0.717) is 12.0 Å². The predicted molar refractivity (Wildman–Crippen MR) is 68.8 cm³/mol. The highest BCUT2D eigenvalue weighted by Gasteiger charge is 2.23. The van der Waals surface area contributed by atoms with E-state index in [1.54, 1.807) is 13.2 Å². The van der Waals surface area contributed by atoms with E-state index in [1.165, 1.54) is 12.2 Å². The van der Waals surface area contributed by atoms with Gasteiger partial charge in [0.05, 0.1) is 7.11 Å². The Morgan fingerprint density at radius 2 is 2.39 bits per heavy atom. The molecule has 0 atom stereocenters. The largest absolute Gasteiger partial charge is 0.333 e. The molecule has 1 aromatic heterocycles. The van der Waals surface area contributed by atoms with E-state index in [-0.39, 0.29) is 5.91 Å². The van der Waals surface area contributed by atoms with Crippen LogP contribution >= 0.6 is 0 Å². The summed E-state index contributed by atoms with van der Waals surface area (Å²) in [7, 11) is 3.09. The van der Waals surface area contributed by atoms with E-state index >= 15 is 0 Å². The fourth-order valence-corrected chi connectivity index (χ4v) is 1.98. The van der Waals surface area contributed by atoms with Gasteiger partial charge >= 0.3 is 0 Å². The average Bonchev–Trinajstić information content (AvgIpc) is 2.44. The van der Waals surface area contributed by atoms with Crippen LogP contribution < -0.4 is 4.90 Å². The third-order valence-electron chi connectivity index (χ3n) is 3.01. The number of fused-ring (bicyclic) bond motifs is 1. The zero-order valence-corrected chi connectivity index (χ0v) is 10.9. The Morgan fingerprint density at radius 1 is 1.61 bits per heavy atom. The number of carbonyl (C=O) groups is 1. The van der Waals surface area contributed by atoms with Crippen LogP contribution in [0.5, 0.6) is 0 Å². The van der Waals surface area contributed by atoms with E-state index in [2.05, 4.69) is 4.98 Å². The number of anilines is 1. The zero-order valence-electron chi connectivity index (χ0n) is 10.9. The molecule has 1 aromatic rings. The van der Waals surface area contributed by atoms with Gasteiger partial charge in [-0.25, -0.2) is 10.0 Å². The quantitative estimate of drug-likeness (QED) is 0.757. The molecule has 5 nitrogen and oxygen atoms in total. The number of pyridine rings is 1. The van der Waals surface area contributed by atoms with Crippen LogP contribution in [0, 0.1) is 0 Å². The molecule has 2 heterocycles. The standard InChI is InChI=1S/C13H17N3O2/c1-4-16-9-11(13(17)15(2)18-3)8-10-6-5-7-14-12(10)16/h5-7,9H,4,8H2,1-3H3. The van der Waals surface area contributed by atoms with E-state index in [9.17, 15) is 4.79 Å². The van der Waals surface area contributed by atoms with Gasteiger partial charge < -0.3 is 4.90 Å². The number of carbonyl (C=O) groups excluding carboxylic acids is 1. The highest BCUT2D eigenvalue weighted by molar-refractivity contribution is 5.94. The lowest BCUT2D eigenvalue weighted by Crippen LogP contribution is -2.32. The van der Waals surface area contributed by atoms with Crippen molar-refractivity contribution in [1.82, 2.24) is 10.0 Å². The highest BCUT2D eigenvalue weighted by Crippen LogP contribution is 2.26. The molecule has 1 amide bonds. The van der Waals surface area contributed by atoms with E-state index < -0.39 is 0 Å². The van der Waals surface area contributed by atoms with Crippen molar-refractivity contribution in [2.45, 2.75) is 13.3 Å². The topological polar surface area (TPSA) is 45.7 Å². The summed E-state index contributed by atoms with van der Waals surface area (Å²) in [5.41, 5.74) is 1.77. The van der Waals surface area contributed by atoms with E-state index in [0.717, 1.165) is 17.9 Å². The minimum absolute atomic E-state index is 0.120. The van der Waals surface area contributed by atoms with Gasteiger partial charge in [-0.1, -0.05) is 6.07 Å². The van der Waals surface area contributed by atoms with Crippen molar-refractivity contribution in [3.8, 4) is 0 Å². The van der Waals surface area contributed by atoms with Crippen molar-refractivity contribution in [2.75, 3.05) is 25.6 Å². The molecule has 0 fully saturated rings. The normalized spacial score (nSPS) is 13.9. The van der Waals surface area contributed by atoms with Gasteiger partial charge in [-0.3, -0.25) is 9.63 Å². The van der Waals surface area contributed by atoms with E-state index in [1.807, 2.05) is 30.2 Å². The van der Waals surface area contributed by atoms with Crippen molar-refractivity contribution < 1.29 is 9.63 Å².